The lowest BCUT2D eigenvalue weighted by atomic mass is 10.1. The Morgan fingerprint density at radius 1 is 1.33 bits per heavy atom. The summed E-state index contributed by atoms with van der Waals surface area (Å²) in [4.78, 5) is 24.9. The van der Waals surface area contributed by atoms with Crippen LogP contribution in [0.25, 0.3) is 0 Å². The lowest BCUT2D eigenvalue weighted by Gasteiger charge is -2.17. The summed E-state index contributed by atoms with van der Waals surface area (Å²) in [7, 11) is 0. The number of hydrogen-bond donors (Lipinski definition) is 0. The fourth-order valence-electron chi connectivity index (χ4n) is 1.35. The molecule has 1 amide bonds. The number of hydrogen-bond acceptors (Lipinski definition) is 3. The van der Waals surface area contributed by atoms with Gasteiger partial charge in [-0.15, -0.1) is 0 Å². The van der Waals surface area contributed by atoms with Gasteiger partial charge in [-0.05, 0) is 25.3 Å². The number of carbonyl (C=O) groups excluding carboxylic acids is 2. The molecule has 1 rings (SSSR count). The molecule has 0 unspecified atom stereocenters. The molecular formula is C11H15NO2S. The Morgan fingerprint density at radius 2 is 2.00 bits per heavy atom. The molecule has 0 fully saturated rings. The lowest BCUT2D eigenvalue weighted by molar-refractivity contribution is -0.129. The molecule has 0 aliphatic heterocycles. The predicted molar refractivity (Wildman–Crippen MR) is 61.2 cm³/mol. The van der Waals surface area contributed by atoms with Crippen molar-refractivity contribution in [2.24, 2.45) is 0 Å². The monoisotopic (exact) mass is 225 g/mol. The molecule has 1 aromatic heterocycles. The van der Waals surface area contributed by atoms with Crippen LogP contribution in [0.3, 0.4) is 0 Å². The Kier molecular flexibility index (Phi) is 4.49. The van der Waals surface area contributed by atoms with E-state index in [1.165, 1.54) is 11.3 Å². The third-order valence-electron chi connectivity index (χ3n) is 2.27. The third kappa shape index (κ3) is 3.16. The molecule has 4 heteroatoms. The van der Waals surface area contributed by atoms with Gasteiger partial charge in [0.05, 0.1) is 6.42 Å². The first-order valence-electron chi connectivity index (χ1n) is 5.02. The molecule has 0 N–H and O–H groups in total. The average Bonchev–Trinajstić information content (AvgIpc) is 2.72. The molecule has 1 aromatic rings. The van der Waals surface area contributed by atoms with Crippen LogP contribution in [0.2, 0.25) is 0 Å². The standard InChI is InChI=1S/C11H15NO2S/c1-3-12(4-2)11(14)7-10(13)9-5-6-15-8-9/h5-6,8H,3-4,7H2,1-2H3. The average molecular weight is 225 g/mol. The van der Waals surface area contributed by atoms with E-state index in [-0.39, 0.29) is 18.1 Å². The third-order valence-corrected chi connectivity index (χ3v) is 2.95. The maximum Gasteiger partial charge on any atom is 0.230 e. The van der Waals surface area contributed by atoms with Crippen molar-refractivity contribution in [3.8, 4) is 0 Å². The second-order valence-electron chi connectivity index (χ2n) is 3.18. The molecule has 0 aromatic carbocycles. The minimum Gasteiger partial charge on any atom is -0.343 e. The molecule has 0 aliphatic rings. The molecule has 0 atom stereocenters. The van der Waals surface area contributed by atoms with E-state index in [1.807, 2.05) is 19.2 Å². The summed E-state index contributed by atoms with van der Waals surface area (Å²) in [5.41, 5.74) is 0.639. The van der Waals surface area contributed by atoms with E-state index in [0.29, 0.717) is 18.7 Å². The van der Waals surface area contributed by atoms with Gasteiger partial charge in [-0.25, -0.2) is 0 Å². The maximum absolute atomic E-state index is 11.6. The van der Waals surface area contributed by atoms with Crippen LogP contribution in [-0.4, -0.2) is 29.7 Å². The number of amides is 1. The van der Waals surface area contributed by atoms with Crippen molar-refractivity contribution < 1.29 is 9.59 Å². The first-order chi connectivity index (χ1) is 7.19. The van der Waals surface area contributed by atoms with Gasteiger partial charge in [0.1, 0.15) is 0 Å². The van der Waals surface area contributed by atoms with Gasteiger partial charge in [-0.1, -0.05) is 0 Å². The van der Waals surface area contributed by atoms with Crippen LogP contribution in [0.5, 0.6) is 0 Å². The van der Waals surface area contributed by atoms with Crippen LogP contribution in [-0.2, 0) is 4.79 Å². The normalized spacial score (nSPS) is 10.0. The van der Waals surface area contributed by atoms with Crippen LogP contribution in [0, 0.1) is 0 Å². The number of ketones is 1. The zero-order chi connectivity index (χ0) is 11.3. The van der Waals surface area contributed by atoms with Crippen molar-refractivity contribution in [2.45, 2.75) is 20.3 Å². The van der Waals surface area contributed by atoms with Crippen molar-refractivity contribution in [1.29, 1.82) is 0 Å². The molecule has 0 spiro atoms. The summed E-state index contributed by atoms with van der Waals surface area (Å²) in [5.74, 6) is -0.177. The number of thiophene rings is 1. The van der Waals surface area contributed by atoms with E-state index in [0.717, 1.165) is 0 Å². The Morgan fingerprint density at radius 3 is 2.47 bits per heavy atom. The molecule has 3 nitrogen and oxygen atoms in total. The molecule has 15 heavy (non-hydrogen) atoms. The smallest absolute Gasteiger partial charge is 0.230 e. The highest BCUT2D eigenvalue weighted by Gasteiger charge is 2.15. The van der Waals surface area contributed by atoms with Gasteiger partial charge in [0.25, 0.3) is 0 Å². The molecule has 1 heterocycles. The summed E-state index contributed by atoms with van der Waals surface area (Å²) in [6.07, 6.45) is -0.0155. The van der Waals surface area contributed by atoms with Gasteiger partial charge >= 0.3 is 0 Å². The first kappa shape index (κ1) is 11.9. The van der Waals surface area contributed by atoms with Crippen LogP contribution in [0.1, 0.15) is 30.6 Å². The number of carbonyl (C=O) groups is 2. The van der Waals surface area contributed by atoms with E-state index in [4.69, 9.17) is 0 Å². The summed E-state index contributed by atoms with van der Waals surface area (Å²) in [6.45, 7) is 5.14. The van der Waals surface area contributed by atoms with Crippen molar-refractivity contribution in [2.75, 3.05) is 13.1 Å². The summed E-state index contributed by atoms with van der Waals surface area (Å²) >= 11 is 1.47. The van der Waals surface area contributed by atoms with E-state index in [9.17, 15) is 9.59 Å². The van der Waals surface area contributed by atoms with Crippen molar-refractivity contribution in [3.63, 3.8) is 0 Å². The van der Waals surface area contributed by atoms with Gasteiger partial charge in [0, 0.05) is 24.0 Å². The molecule has 0 bridgehead atoms. The highest BCUT2D eigenvalue weighted by Crippen LogP contribution is 2.09. The summed E-state index contributed by atoms with van der Waals surface area (Å²) in [5, 5.41) is 3.62. The molecule has 0 saturated heterocycles. The molecule has 0 saturated carbocycles. The minimum absolute atomic E-state index is 0.0155. The predicted octanol–water partition coefficient (Wildman–Crippen LogP) is 2.19. The largest absolute Gasteiger partial charge is 0.343 e. The van der Waals surface area contributed by atoms with Gasteiger partial charge in [-0.2, -0.15) is 11.3 Å². The minimum atomic E-state index is -0.0897. The lowest BCUT2D eigenvalue weighted by Crippen LogP contribution is -2.31. The zero-order valence-corrected chi connectivity index (χ0v) is 9.84. The van der Waals surface area contributed by atoms with Gasteiger partial charge in [-0.3, -0.25) is 9.59 Å². The Hall–Kier alpha value is -1.16. The fraction of sp³-hybridized carbons (Fsp3) is 0.455. The van der Waals surface area contributed by atoms with Crippen LogP contribution < -0.4 is 0 Å². The second kappa shape index (κ2) is 5.66. The van der Waals surface area contributed by atoms with Crippen LogP contribution in [0.15, 0.2) is 16.8 Å². The Labute approximate surface area is 93.7 Å². The molecule has 82 valence electrons. The van der Waals surface area contributed by atoms with Crippen molar-refractivity contribution in [1.82, 2.24) is 4.90 Å². The van der Waals surface area contributed by atoms with Gasteiger partial charge in [0.2, 0.25) is 5.91 Å². The first-order valence-corrected chi connectivity index (χ1v) is 5.96. The topological polar surface area (TPSA) is 37.4 Å². The van der Waals surface area contributed by atoms with Crippen LogP contribution >= 0.6 is 11.3 Å². The van der Waals surface area contributed by atoms with Gasteiger partial charge in [0.15, 0.2) is 5.78 Å². The highest BCUT2D eigenvalue weighted by atomic mass is 32.1. The quantitative estimate of drug-likeness (QED) is 0.569. The Bertz CT molecular complexity index is 328. The van der Waals surface area contributed by atoms with Crippen LogP contribution in [0.4, 0.5) is 0 Å². The van der Waals surface area contributed by atoms with Crippen molar-refractivity contribution >= 4 is 23.0 Å². The number of Topliss-reactive ketones (excluding diaryl/α,β-unsaturated/α-hetero) is 1. The van der Waals surface area contributed by atoms with E-state index < -0.39 is 0 Å². The van der Waals surface area contributed by atoms with Gasteiger partial charge < -0.3 is 4.90 Å². The number of nitrogens with zero attached hydrogens (tertiary/aromatic N) is 1. The number of rotatable bonds is 5. The second-order valence-corrected chi connectivity index (χ2v) is 3.96. The molecular weight excluding hydrogens is 210 g/mol. The van der Waals surface area contributed by atoms with Crippen molar-refractivity contribution in [3.05, 3.63) is 22.4 Å². The fourth-order valence-corrected chi connectivity index (χ4v) is 2.01. The highest BCUT2D eigenvalue weighted by molar-refractivity contribution is 7.08. The molecule has 0 aliphatic carbocycles. The maximum atomic E-state index is 11.6. The SMILES string of the molecule is CCN(CC)C(=O)CC(=O)c1ccsc1. The zero-order valence-electron chi connectivity index (χ0n) is 9.03. The summed E-state index contributed by atoms with van der Waals surface area (Å²) in [6, 6.07) is 1.75. The molecule has 0 radical (unpaired) electrons. The summed E-state index contributed by atoms with van der Waals surface area (Å²) < 4.78 is 0. The van der Waals surface area contributed by atoms with E-state index >= 15 is 0 Å². The van der Waals surface area contributed by atoms with E-state index in [1.54, 1.807) is 16.3 Å². The Balaban J connectivity index is 2.55. The van der Waals surface area contributed by atoms with E-state index in [2.05, 4.69) is 0 Å².